The molecule has 116 valence electrons. The fourth-order valence-electron chi connectivity index (χ4n) is 2.31. The normalized spacial score (nSPS) is 10.7. The third-order valence-electron chi connectivity index (χ3n) is 3.44. The number of benzene rings is 2. The molecule has 1 N–H and O–H groups in total. The van der Waals surface area contributed by atoms with Gasteiger partial charge in [0.2, 0.25) is 5.91 Å². The molecule has 0 bridgehead atoms. The Morgan fingerprint density at radius 2 is 1.91 bits per heavy atom. The van der Waals surface area contributed by atoms with Crippen molar-refractivity contribution in [2.45, 2.75) is 11.4 Å². The van der Waals surface area contributed by atoms with E-state index in [0.717, 1.165) is 16.0 Å². The fourth-order valence-corrected chi connectivity index (χ4v) is 2.87. The van der Waals surface area contributed by atoms with Gasteiger partial charge in [-0.3, -0.25) is 9.59 Å². The number of nitrogens with one attached hydrogen (secondary N) is 1. The van der Waals surface area contributed by atoms with Crippen LogP contribution in [0.5, 0.6) is 0 Å². The third kappa shape index (κ3) is 3.27. The minimum Gasteiger partial charge on any atom is -0.323 e. The zero-order valence-corrected chi connectivity index (χ0v) is 13.3. The highest BCUT2D eigenvalue weighted by Crippen LogP contribution is 2.24. The van der Waals surface area contributed by atoms with Crippen molar-refractivity contribution in [2.24, 2.45) is 0 Å². The number of aromatic nitrogens is 2. The van der Waals surface area contributed by atoms with Crippen LogP contribution in [0, 0.1) is 0 Å². The summed E-state index contributed by atoms with van der Waals surface area (Å²) in [7, 11) is 0. The van der Waals surface area contributed by atoms with Crippen molar-refractivity contribution in [2.75, 3.05) is 11.6 Å². The highest BCUT2D eigenvalue weighted by Gasteiger charge is 2.10. The summed E-state index contributed by atoms with van der Waals surface area (Å²) in [5, 5.41) is 8.22. The van der Waals surface area contributed by atoms with Crippen molar-refractivity contribution in [3.8, 4) is 0 Å². The van der Waals surface area contributed by atoms with E-state index in [-0.39, 0.29) is 18.0 Å². The minimum absolute atomic E-state index is 0.119. The lowest BCUT2D eigenvalue weighted by molar-refractivity contribution is -0.117. The van der Waals surface area contributed by atoms with Crippen molar-refractivity contribution in [3.63, 3.8) is 0 Å². The lowest BCUT2D eigenvalue weighted by Gasteiger charge is -2.10. The molecule has 23 heavy (non-hydrogen) atoms. The average Bonchev–Trinajstić information content (AvgIpc) is 2.58. The van der Waals surface area contributed by atoms with Crippen LogP contribution >= 0.6 is 11.8 Å². The lowest BCUT2D eigenvalue weighted by Crippen LogP contribution is -2.29. The smallest absolute Gasteiger partial charge is 0.275 e. The third-order valence-corrected chi connectivity index (χ3v) is 4.23. The van der Waals surface area contributed by atoms with Gasteiger partial charge >= 0.3 is 0 Å². The van der Waals surface area contributed by atoms with Gasteiger partial charge in [0.05, 0.1) is 17.3 Å². The van der Waals surface area contributed by atoms with E-state index in [9.17, 15) is 9.59 Å². The number of rotatable bonds is 4. The maximum absolute atomic E-state index is 12.4. The van der Waals surface area contributed by atoms with Crippen molar-refractivity contribution in [3.05, 3.63) is 65.1 Å². The predicted octanol–water partition coefficient (Wildman–Crippen LogP) is 2.76. The SMILES string of the molecule is CSc1ccccc1NC(=O)Cn1ncc2ccccc2c1=O. The number of carbonyl (C=O) groups excluding carboxylic acids is 1. The van der Waals surface area contributed by atoms with Gasteiger partial charge in [-0.2, -0.15) is 5.10 Å². The molecule has 1 aromatic heterocycles. The molecule has 0 saturated carbocycles. The summed E-state index contributed by atoms with van der Waals surface area (Å²) in [5.74, 6) is -0.281. The van der Waals surface area contributed by atoms with E-state index in [2.05, 4.69) is 10.4 Å². The molecule has 0 radical (unpaired) electrons. The summed E-state index contributed by atoms with van der Waals surface area (Å²) in [4.78, 5) is 25.5. The topological polar surface area (TPSA) is 64.0 Å². The summed E-state index contributed by atoms with van der Waals surface area (Å²) in [6, 6.07) is 14.7. The van der Waals surface area contributed by atoms with Gasteiger partial charge < -0.3 is 5.32 Å². The Balaban J connectivity index is 1.83. The van der Waals surface area contributed by atoms with Gasteiger partial charge in [-0.25, -0.2) is 4.68 Å². The molecule has 0 unspecified atom stereocenters. The second kappa shape index (κ2) is 6.66. The van der Waals surface area contributed by atoms with Crippen LogP contribution in [0.25, 0.3) is 10.8 Å². The Labute approximate surface area is 137 Å². The quantitative estimate of drug-likeness (QED) is 0.749. The molecule has 0 fully saturated rings. The Kier molecular flexibility index (Phi) is 4.43. The molecule has 1 heterocycles. The van der Waals surface area contributed by atoms with Crippen LogP contribution < -0.4 is 10.9 Å². The minimum atomic E-state index is -0.281. The van der Waals surface area contributed by atoms with Crippen molar-refractivity contribution in [1.29, 1.82) is 0 Å². The first-order valence-electron chi connectivity index (χ1n) is 7.07. The van der Waals surface area contributed by atoms with Gasteiger partial charge in [0.25, 0.3) is 5.56 Å². The molecular formula is C17H15N3O2S. The first-order chi connectivity index (χ1) is 11.2. The second-order valence-corrected chi connectivity index (χ2v) is 5.79. The molecule has 2 aromatic carbocycles. The van der Waals surface area contributed by atoms with E-state index in [1.165, 1.54) is 4.68 Å². The first-order valence-corrected chi connectivity index (χ1v) is 8.29. The van der Waals surface area contributed by atoms with Crippen LogP contribution in [0.2, 0.25) is 0 Å². The molecule has 3 rings (SSSR count). The Morgan fingerprint density at radius 1 is 1.17 bits per heavy atom. The van der Waals surface area contributed by atoms with Crippen molar-refractivity contribution < 1.29 is 4.79 Å². The summed E-state index contributed by atoms with van der Waals surface area (Å²) < 4.78 is 1.18. The number of thioether (sulfide) groups is 1. The highest BCUT2D eigenvalue weighted by molar-refractivity contribution is 7.98. The Bertz CT molecular complexity index is 921. The standard InChI is InChI=1S/C17H15N3O2S/c1-23-15-9-5-4-8-14(15)19-16(21)11-20-17(22)13-7-3-2-6-12(13)10-18-20/h2-10H,11H2,1H3,(H,19,21). The Morgan fingerprint density at radius 3 is 2.74 bits per heavy atom. The van der Waals surface area contributed by atoms with Crippen LogP contribution in [0.15, 0.2) is 64.4 Å². The van der Waals surface area contributed by atoms with E-state index in [4.69, 9.17) is 0 Å². The number of anilines is 1. The monoisotopic (exact) mass is 325 g/mol. The van der Waals surface area contributed by atoms with Gasteiger partial charge in [-0.1, -0.05) is 30.3 Å². The summed E-state index contributed by atoms with van der Waals surface area (Å²) in [6.07, 6.45) is 3.54. The molecule has 3 aromatic rings. The molecule has 0 atom stereocenters. The summed E-state index contributed by atoms with van der Waals surface area (Å²) in [5.41, 5.74) is 0.468. The largest absolute Gasteiger partial charge is 0.323 e. The van der Waals surface area contributed by atoms with Crippen molar-refractivity contribution >= 4 is 34.1 Å². The number of amides is 1. The van der Waals surface area contributed by atoms with Gasteiger partial charge in [-0.15, -0.1) is 11.8 Å². The number of hydrogen-bond donors (Lipinski definition) is 1. The summed E-state index contributed by atoms with van der Waals surface area (Å²) in [6.45, 7) is -0.119. The molecule has 0 spiro atoms. The van der Waals surface area contributed by atoms with Gasteiger partial charge in [0.15, 0.2) is 0 Å². The van der Waals surface area contributed by atoms with Gasteiger partial charge in [-0.05, 0) is 24.5 Å². The number of nitrogens with zero attached hydrogens (tertiary/aromatic N) is 2. The maximum Gasteiger partial charge on any atom is 0.275 e. The van der Waals surface area contributed by atoms with E-state index < -0.39 is 0 Å². The highest BCUT2D eigenvalue weighted by atomic mass is 32.2. The summed E-state index contributed by atoms with van der Waals surface area (Å²) >= 11 is 1.55. The van der Waals surface area contributed by atoms with Gasteiger partial charge in [0, 0.05) is 10.3 Å². The molecule has 0 aliphatic rings. The van der Waals surface area contributed by atoms with E-state index >= 15 is 0 Å². The predicted molar refractivity (Wildman–Crippen MR) is 92.9 cm³/mol. The van der Waals surface area contributed by atoms with E-state index in [1.54, 1.807) is 30.1 Å². The molecule has 0 saturated heterocycles. The molecule has 0 aliphatic carbocycles. The zero-order valence-electron chi connectivity index (χ0n) is 12.5. The molecule has 6 heteroatoms. The fraction of sp³-hybridized carbons (Fsp3) is 0.118. The number of fused-ring (bicyclic) bond motifs is 1. The molecular weight excluding hydrogens is 310 g/mol. The van der Waals surface area contributed by atoms with Gasteiger partial charge in [0.1, 0.15) is 6.54 Å². The van der Waals surface area contributed by atoms with Crippen LogP contribution in [-0.2, 0) is 11.3 Å². The zero-order chi connectivity index (χ0) is 16.2. The molecule has 0 aliphatic heterocycles. The average molecular weight is 325 g/mol. The lowest BCUT2D eigenvalue weighted by atomic mass is 10.2. The number of carbonyl (C=O) groups is 1. The molecule has 1 amide bonds. The van der Waals surface area contributed by atoms with E-state index in [0.29, 0.717) is 5.39 Å². The molecule has 5 nitrogen and oxygen atoms in total. The van der Waals surface area contributed by atoms with Crippen LogP contribution in [0.4, 0.5) is 5.69 Å². The first kappa shape index (κ1) is 15.3. The van der Waals surface area contributed by atoms with Crippen LogP contribution in [-0.4, -0.2) is 21.9 Å². The second-order valence-electron chi connectivity index (χ2n) is 4.94. The van der Waals surface area contributed by atoms with Crippen LogP contribution in [0.3, 0.4) is 0 Å². The van der Waals surface area contributed by atoms with Crippen molar-refractivity contribution in [1.82, 2.24) is 9.78 Å². The Hall–Kier alpha value is -2.60. The van der Waals surface area contributed by atoms with E-state index in [1.807, 2.05) is 42.7 Å². The van der Waals surface area contributed by atoms with Crippen LogP contribution in [0.1, 0.15) is 0 Å². The number of hydrogen-bond acceptors (Lipinski definition) is 4. The maximum atomic E-state index is 12.4. The number of para-hydroxylation sites is 1.